The summed E-state index contributed by atoms with van der Waals surface area (Å²) < 4.78 is 0. The lowest BCUT2D eigenvalue weighted by Gasteiger charge is -2.17. The molecular formula is C10H15NO3. The van der Waals surface area contributed by atoms with Gasteiger partial charge in [-0.25, -0.2) is 0 Å². The van der Waals surface area contributed by atoms with Gasteiger partial charge in [0, 0.05) is 0 Å². The third-order valence-electron chi connectivity index (χ3n) is 2.63. The summed E-state index contributed by atoms with van der Waals surface area (Å²) in [6, 6.07) is -0.397. The van der Waals surface area contributed by atoms with Gasteiger partial charge in [0.1, 0.15) is 11.3 Å². The van der Waals surface area contributed by atoms with Gasteiger partial charge in [0.15, 0.2) is 5.78 Å². The Morgan fingerprint density at radius 1 is 1.64 bits per heavy atom. The summed E-state index contributed by atoms with van der Waals surface area (Å²) >= 11 is 0. The van der Waals surface area contributed by atoms with E-state index < -0.39 is 11.9 Å². The second-order valence-corrected chi connectivity index (χ2v) is 3.65. The summed E-state index contributed by atoms with van der Waals surface area (Å²) in [5.74, 6) is -0.807. The number of rotatable bonds is 3. The van der Waals surface area contributed by atoms with Crippen molar-refractivity contribution in [1.82, 2.24) is 5.32 Å². The van der Waals surface area contributed by atoms with Crippen molar-refractivity contribution in [2.75, 3.05) is 0 Å². The second kappa shape index (κ2) is 3.82. The Kier molecular flexibility index (Phi) is 2.93. The van der Waals surface area contributed by atoms with Gasteiger partial charge in [-0.1, -0.05) is 20.3 Å². The van der Waals surface area contributed by atoms with Crippen LogP contribution in [0.2, 0.25) is 0 Å². The highest BCUT2D eigenvalue weighted by Crippen LogP contribution is 2.23. The predicted molar refractivity (Wildman–Crippen MR) is 51.7 cm³/mol. The number of amides is 1. The van der Waals surface area contributed by atoms with E-state index >= 15 is 0 Å². The molecule has 2 N–H and O–H groups in total. The van der Waals surface area contributed by atoms with E-state index in [0.29, 0.717) is 0 Å². The van der Waals surface area contributed by atoms with Crippen LogP contribution >= 0.6 is 0 Å². The molecule has 4 heteroatoms. The lowest BCUT2D eigenvalue weighted by Crippen LogP contribution is -2.34. The van der Waals surface area contributed by atoms with Crippen LogP contribution in [0.4, 0.5) is 0 Å². The average Bonchev–Trinajstić information content (AvgIpc) is 2.40. The van der Waals surface area contributed by atoms with Crippen LogP contribution in [0.15, 0.2) is 11.3 Å². The molecule has 14 heavy (non-hydrogen) atoms. The third kappa shape index (κ3) is 1.64. The smallest absolute Gasteiger partial charge is 0.259 e. The summed E-state index contributed by atoms with van der Waals surface area (Å²) in [7, 11) is 0. The van der Waals surface area contributed by atoms with E-state index in [9.17, 15) is 14.7 Å². The molecule has 1 aliphatic rings. The van der Waals surface area contributed by atoms with Crippen LogP contribution in [-0.2, 0) is 9.59 Å². The Balaban J connectivity index is 2.98. The summed E-state index contributed by atoms with van der Waals surface area (Å²) in [6.07, 6.45) is 0.834. The highest BCUT2D eigenvalue weighted by Gasteiger charge is 2.36. The first-order chi connectivity index (χ1) is 6.49. The first-order valence-electron chi connectivity index (χ1n) is 4.74. The summed E-state index contributed by atoms with van der Waals surface area (Å²) in [5, 5.41) is 12.3. The van der Waals surface area contributed by atoms with Crippen molar-refractivity contribution in [3.8, 4) is 0 Å². The lowest BCUT2D eigenvalue weighted by atomic mass is 9.97. The molecule has 0 aromatic carbocycles. The minimum absolute atomic E-state index is 0.0877. The van der Waals surface area contributed by atoms with E-state index in [0.717, 1.165) is 6.42 Å². The van der Waals surface area contributed by atoms with Gasteiger partial charge in [0.05, 0.1) is 6.04 Å². The molecule has 0 saturated carbocycles. The molecule has 0 spiro atoms. The number of carbonyl (C=O) groups excluding carboxylic acids is 2. The molecular weight excluding hydrogens is 182 g/mol. The van der Waals surface area contributed by atoms with E-state index in [-0.39, 0.29) is 23.0 Å². The zero-order valence-corrected chi connectivity index (χ0v) is 8.63. The number of Topliss-reactive ketones (excluding diaryl/α,β-unsaturated/α-hetero) is 1. The number of nitrogens with one attached hydrogen (secondary N) is 1. The van der Waals surface area contributed by atoms with Crippen LogP contribution in [-0.4, -0.2) is 22.8 Å². The van der Waals surface area contributed by atoms with Crippen molar-refractivity contribution in [2.24, 2.45) is 5.92 Å². The number of carbonyl (C=O) groups is 2. The fraction of sp³-hybridized carbons (Fsp3) is 0.600. The summed E-state index contributed by atoms with van der Waals surface area (Å²) in [6.45, 7) is 5.17. The van der Waals surface area contributed by atoms with Crippen molar-refractivity contribution in [3.05, 3.63) is 11.3 Å². The van der Waals surface area contributed by atoms with Crippen LogP contribution in [0.1, 0.15) is 27.2 Å². The Morgan fingerprint density at radius 3 is 2.57 bits per heavy atom. The van der Waals surface area contributed by atoms with Gasteiger partial charge in [-0.2, -0.15) is 0 Å². The van der Waals surface area contributed by atoms with Gasteiger partial charge in [0.2, 0.25) is 0 Å². The molecule has 0 unspecified atom stereocenters. The monoisotopic (exact) mass is 197 g/mol. The lowest BCUT2D eigenvalue weighted by molar-refractivity contribution is -0.121. The minimum atomic E-state index is -0.458. The molecule has 4 nitrogen and oxygen atoms in total. The van der Waals surface area contributed by atoms with Crippen molar-refractivity contribution < 1.29 is 14.7 Å². The average molecular weight is 197 g/mol. The Morgan fingerprint density at radius 2 is 2.21 bits per heavy atom. The molecule has 0 fully saturated rings. The number of ketones is 1. The third-order valence-corrected chi connectivity index (χ3v) is 2.63. The quantitative estimate of drug-likeness (QED) is 0.661. The van der Waals surface area contributed by atoms with Crippen LogP contribution in [0.5, 0.6) is 0 Å². The molecule has 78 valence electrons. The van der Waals surface area contributed by atoms with Gasteiger partial charge < -0.3 is 10.4 Å². The van der Waals surface area contributed by atoms with Crippen molar-refractivity contribution in [1.29, 1.82) is 0 Å². The first-order valence-corrected chi connectivity index (χ1v) is 4.74. The number of hydrogen-bond acceptors (Lipinski definition) is 3. The normalized spacial score (nSPS) is 23.6. The van der Waals surface area contributed by atoms with Gasteiger partial charge in [-0.05, 0) is 12.8 Å². The van der Waals surface area contributed by atoms with Crippen LogP contribution < -0.4 is 5.32 Å². The van der Waals surface area contributed by atoms with Crippen molar-refractivity contribution in [2.45, 2.75) is 33.2 Å². The van der Waals surface area contributed by atoms with Gasteiger partial charge in [0.25, 0.3) is 5.91 Å². The number of aliphatic hydroxyl groups is 1. The maximum atomic E-state index is 11.3. The fourth-order valence-electron chi connectivity index (χ4n) is 1.54. The fourth-order valence-corrected chi connectivity index (χ4v) is 1.54. The maximum Gasteiger partial charge on any atom is 0.259 e. The summed E-state index contributed by atoms with van der Waals surface area (Å²) in [5.41, 5.74) is -0.0877. The molecule has 0 aromatic heterocycles. The minimum Gasteiger partial charge on any atom is -0.509 e. The van der Waals surface area contributed by atoms with E-state index in [1.54, 1.807) is 0 Å². The summed E-state index contributed by atoms with van der Waals surface area (Å²) in [4.78, 5) is 22.4. The van der Waals surface area contributed by atoms with E-state index in [1.807, 2.05) is 13.8 Å². The van der Waals surface area contributed by atoms with E-state index in [4.69, 9.17) is 0 Å². The largest absolute Gasteiger partial charge is 0.509 e. The van der Waals surface area contributed by atoms with Crippen LogP contribution in [0.3, 0.4) is 0 Å². The highest BCUT2D eigenvalue weighted by atomic mass is 16.3. The molecule has 0 aliphatic carbocycles. The second-order valence-electron chi connectivity index (χ2n) is 3.65. The zero-order valence-electron chi connectivity index (χ0n) is 8.63. The molecule has 0 radical (unpaired) electrons. The molecule has 0 bridgehead atoms. The molecule has 0 aromatic rings. The van der Waals surface area contributed by atoms with E-state index in [2.05, 4.69) is 5.32 Å². The SMILES string of the molecule is CC[C@H](C)[C@H]1NC(=O)C(C(C)=O)=C1O. The van der Waals surface area contributed by atoms with Crippen LogP contribution in [0, 0.1) is 5.92 Å². The Bertz CT molecular complexity index is 306. The van der Waals surface area contributed by atoms with Gasteiger partial charge in [-0.15, -0.1) is 0 Å². The Labute approximate surface area is 83.0 Å². The predicted octanol–water partition coefficient (Wildman–Crippen LogP) is 0.932. The topological polar surface area (TPSA) is 66.4 Å². The molecule has 2 atom stereocenters. The molecule has 1 heterocycles. The molecule has 1 rings (SSSR count). The zero-order chi connectivity index (χ0) is 10.9. The Hall–Kier alpha value is -1.32. The number of hydrogen-bond donors (Lipinski definition) is 2. The van der Waals surface area contributed by atoms with E-state index in [1.165, 1.54) is 6.92 Å². The maximum absolute atomic E-state index is 11.3. The standard InChI is InChI=1S/C10H15NO3/c1-4-5(2)8-9(13)7(6(3)12)10(14)11-8/h5,8,13H,4H2,1-3H3,(H,11,14)/t5-,8+/m0/s1. The molecule has 1 amide bonds. The van der Waals surface area contributed by atoms with Crippen molar-refractivity contribution in [3.63, 3.8) is 0 Å². The number of aliphatic hydroxyl groups excluding tert-OH is 1. The highest BCUT2D eigenvalue weighted by molar-refractivity contribution is 6.20. The van der Waals surface area contributed by atoms with Crippen molar-refractivity contribution >= 4 is 11.7 Å². The van der Waals surface area contributed by atoms with Gasteiger partial charge in [-0.3, -0.25) is 9.59 Å². The van der Waals surface area contributed by atoms with Crippen LogP contribution in [0.25, 0.3) is 0 Å². The molecule has 1 aliphatic heterocycles. The molecule has 0 saturated heterocycles. The van der Waals surface area contributed by atoms with Gasteiger partial charge >= 0.3 is 0 Å². The first kappa shape index (κ1) is 10.8.